The van der Waals surface area contributed by atoms with Crippen LogP contribution in [0, 0.1) is 0 Å². The highest BCUT2D eigenvalue weighted by atomic mass is 32.2. The van der Waals surface area contributed by atoms with Gasteiger partial charge in [-0.1, -0.05) is 102 Å². The van der Waals surface area contributed by atoms with Crippen molar-refractivity contribution in [3.63, 3.8) is 0 Å². The molecule has 0 saturated carbocycles. The molecule has 0 bridgehead atoms. The highest BCUT2D eigenvalue weighted by Gasteiger charge is 2.18. The Morgan fingerprint density at radius 1 is 0.453 bits per heavy atom. The van der Waals surface area contributed by atoms with Crippen LogP contribution in [-0.4, -0.2) is 46.8 Å². The van der Waals surface area contributed by atoms with Crippen molar-refractivity contribution >= 4 is 21.8 Å². The molecule has 0 N–H and O–H groups in total. The molecule has 0 atom stereocenters. The van der Waals surface area contributed by atoms with E-state index in [0.717, 1.165) is 51.4 Å². The fourth-order valence-electron chi connectivity index (χ4n) is 5.93. The molecule has 0 unspecified atom stereocenters. The van der Waals surface area contributed by atoms with E-state index < -0.39 is 9.84 Å². The van der Waals surface area contributed by atoms with Gasteiger partial charge in [-0.2, -0.15) is 0 Å². The first kappa shape index (κ1) is 45.6. The lowest BCUT2D eigenvalue weighted by atomic mass is 10.1. The maximum Gasteiger partial charge on any atom is 0.305 e. The summed E-state index contributed by atoms with van der Waals surface area (Å²) in [7, 11) is -3.75. The van der Waals surface area contributed by atoms with Crippen molar-refractivity contribution in [2.75, 3.05) is 26.4 Å². The van der Waals surface area contributed by atoms with Gasteiger partial charge in [0.2, 0.25) is 9.84 Å². The number of benzene rings is 2. The third-order valence-corrected chi connectivity index (χ3v) is 10.9. The SMILES string of the molecule is C=CCCCCCCCCCCCC(=O)OCCOc1ccc(S(=O)(=O)c2ccc(OCCOC(=O)CCCCCCCCCCCC=C)cc2)cc1. The number of esters is 2. The molecular formula is C44H66O8S. The molecule has 0 saturated heterocycles. The molecule has 2 rings (SSSR count). The van der Waals surface area contributed by atoms with E-state index in [4.69, 9.17) is 18.9 Å². The Morgan fingerprint density at radius 2 is 0.755 bits per heavy atom. The summed E-state index contributed by atoms with van der Waals surface area (Å²) >= 11 is 0. The summed E-state index contributed by atoms with van der Waals surface area (Å²) in [6, 6.07) is 12.3. The lowest BCUT2D eigenvalue weighted by Gasteiger charge is -2.10. The fraction of sp³-hybridized carbons (Fsp3) is 0.591. The largest absolute Gasteiger partial charge is 0.490 e. The molecular weight excluding hydrogens is 689 g/mol. The van der Waals surface area contributed by atoms with Crippen molar-refractivity contribution in [3.05, 3.63) is 73.8 Å². The number of rotatable bonds is 34. The van der Waals surface area contributed by atoms with E-state index in [9.17, 15) is 18.0 Å². The van der Waals surface area contributed by atoms with Crippen LogP contribution in [0.4, 0.5) is 0 Å². The number of hydrogen-bond donors (Lipinski definition) is 0. The third kappa shape index (κ3) is 22.3. The van der Waals surface area contributed by atoms with Crippen molar-refractivity contribution in [3.8, 4) is 11.5 Å². The summed E-state index contributed by atoms with van der Waals surface area (Å²) in [5.74, 6) is 0.532. The molecule has 0 aliphatic rings. The number of carbonyl (C=O) groups is 2. The van der Waals surface area contributed by atoms with Gasteiger partial charge in [-0.3, -0.25) is 9.59 Å². The topological polar surface area (TPSA) is 105 Å². The Morgan fingerprint density at radius 3 is 1.08 bits per heavy atom. The highest BCUT2D eigenvalue weighted by Crippen LogP contribution is 2.25. The summed E-state index contributed by atoms with van der Waals surface area (Å²) < 4.78 is 48.2. The highest BCUT2D eigenvalue weighted by molar-refractivity contribution is 7.91. The van der Waals surface area contributed by atoms with E-state index in [0.29, 0.717) is 24.3 Å². The molecule has 0 fully saturated rings. The molecule has 8 nitrogen and oxygen atoms in total. The standard InChI is InChI=1S/C44H66O8S/c1-3-5-7-9-11-13-15-17-19-21-23-25-43(45)51-37-35-49-39-27-31-41(32-28-39)53(47,48)42-33-29-40(30-34-42)50-36-38-52-44(46)26-24-22-20-18-16-14-12-10-8-6-4-2/h3-4,27-34H,1-2,5-26,35-38H2. The minimum atomic E-state index is -3.75. The second-order valence-corrected chi connectivity index (χ2v) is 15.6. The van der Waals surface area contributed by atoms with Crippen molar-refractivity contribution in [2.24, 2.45) is 0 Å². The number of ether oxygens (including phenoxy) is 4. The summed E-state index contributed by atoms with van der Waals surface area (Å²) in [5, 5.41) is 0. The zero-order chi connectivity index (χ0) is 38.2. The van der Waals surface area contributed by atoms with Gasteiger partial charge in [-0.15, -0.1) is 13.2 Å². The summed E-state index contributed by atoms with van der Waals surface area (Å²) in [5.41, 5.74) is 0. The number of unbranched alkanes of at least 4 members (excludes halogenated alkanes) is 18. The second kappa shape index (κ2) is 29.8. The minimum Gasteiger partial charge on any atom is -0.490 e. The normalized spacial score (nSPS) is 11.2. The van der Waals surface area contributed by atoms with Gasteiger partial charge in [0.15, 0.2) is 0 Å². The van der Waals surface area contributed by atoms with Crippen molar-refractivity contribution in [1.29, 1.82) is 0 Å². The summed E-state index contributed by atoms with van der Waals surface area (Å²) in [6.45, 7) is 8.16. The van der Waals surface area contributed by atoms with Crippen LogP contribution in [0.5, 0.6) is 11.5 Å². The first-order chi connectivity index (χ1) is 25.9. The van der Waals surface area contributed by atoms with Gasteiger partial charge >= 0.3 is 11.9 Å². The average molecular weight is 755 g/mol. The summed E-state index contributed by atoms with van der Waals surface area (Å²) in [4.78, 5) is 24.3. The fourth-order valence-corrected chi connectivity index (χ4v) is 7.19. The zero-order valence-electron chi connectivity index (χ0n) is 32.2. The van der Waals surface area contributed by atoms with Crippen LogP contribution in [-0.2, 0) is 28.9 Å². The van der Waals surface area contributed by atoms with E-state index in [-0.39, 0.29) is 48.2 Å². The van der Waals surface area contributed by atoms with Crippen LogP contribution in [0.25, 0.3) is 0 Å². The van der Waals surface area contributed by atoms with Gasteiger partial charge in [0.25, 0.3) is 0 Å². The molecule has 296 valence electrons. The zero-order valence-corrected chi connectivity index (χ0v) is 33.1. The van der Waals surface area contributed by atoms with Crippen molar-refractivity contribution < 1.29 is 37.0 Å². The lowest BCUT2D eigenvalue weighted by molar-refractivity contribution is -0.145. The van der Waals surface area contributed by atoms with Gasteiger partial charge < -0.3 is 18.9 Å². The Kier molecular flexibility index (Phi) is 25.6. The van der Waals surface area contributed by atoms with E-state index in [1.54, 1.807) is 24.3 Å². The van der Waals surface area contributed by atoms with E-state index >= 15 is 0 Å². The van der Waals surface area contributed by atoms with Crippen LogP contribution in [0.1, 0.15) is 141 Å². The van der Waals surface area contributed by atoms with E-state index in [1.807, 2.05) is 12.2 Å². The minimum absolute atomic E-state index is 0.135. The predicted molar refractivity (Wildman–Crippen MR) is 213 cm³/mol. The number of allylic oxidation sites excluding steroid dienone is 2. The monoisotopic (exact) mass is 754 g/mol. The maximum absolute atomic E-state index is 13.2. The quantitative estimate of drug-likeness (QED) is 0.0395. The number of sulfone groups is 1. The van der Waals surface area contributed by atoms with Crippen LogP contribution in [0.3, 0.4) is 0 Å². The molecule has 9 heteroatoms. The van der Waals surface area contributed by atoms with Crippen LogP contribution < -0.4 is 9.47 Å². The first-order valence-corrected chi connectivity index (χ1v) is 21.6. The molecule has 53 heavy (non-hydrogen) atoms. The number of carbonyl (C=O) groups excluding carboxylic acids is 2. The molecule has 0 amide bonds. The van der Waals surface area contributed by atoms with Crippen molar-refractivity contribution in [1.82, 2.24) is 0 Å². The molecule has 0 radical (unpaired) electrons. The van der Waals surface area contributed by atoms with Gasteiger partial charge in [0.05, 0.1) is 9.79 Å². The van der Waals surface area contributed by atoms with Gasteiger partial charge in [-0.25, -0.2) is 8.42 Å². The Labute approximate surface area is 320 Å². The van der Waals surface area contributed by atoms with E-state index in [2.05, 4.69) is 13.2 Å². The molecule has 2 aromatic rings. The van der Waals surface area contributed by atoms with Crippen LogP contribution >= 0.6 is 0 Å². The first-order valence-electron chi connectivity index (χ1n) is 20.1. The molecule has 2 aromatic carbocycles. The molecule has 0 aliphatic heterocycles. The van der Waals surface area contributed by atoms with Crippen molar-refractivity contribution in [2.45, 2.75) is 151 Å². The third-order valence-electron chi connectivity index (χ3n) is 9.08. The summed E-state index contributed by atoms with van der Waals surface area (Å²) in [6.07, 6.45) is 28.2. The number of hydrogen-bond acceptors (Lipinski definition) is 8. The second-order valence-electron chi connectivity index (χ2n) is 13.6. The van der Waals surface area contributed by atoms with Gasteiger partial charge in [0.1, 0.15) is 37.9 Å². The van der Waals surface area contributed by atoms with E-state index in [1.165, 1.54) is 101 Å². The van der Waals surface area contributed by atoms with Crippen LogP contribution in [0.2, 0.25) is 0 Å². The predicted octanol–water partition coefficient (Wildman–Crippen LogP) is 11.3. The van der Waals surface area contributed by atoms with Crippen LogP contribution in [0.15, 0.2) is 83.6 Å². The Bertz CT molecular complexity index is 1270. The molecule has 0 aliphatic carbocycles. The Hall–Kier alpha value is -3.59. The van der Waals surface area contributed by atoms with Gasteiger partial charge in [0, 0.05) is 12.8 Å². The smallest absolute Gasteiger partial charge is 0.305 e. The average Bonchev–Trinajstić information content (AvgIpc) is 3.16. The molecule has 0 spiro atoms. The molecule has 0 aromatic heterocycles. The molecule has 0 heterocycles. The lowest BCUT2D eigenvalue weighted by Crippen LogP contribution is -2.12. The Balaban J connectivity index is 1.54. The maximum atomic E-state index is 13.2. The van der Waals surface area contributed by atoms with Gasteiger partial charge in [-0.05, 0) is 87.1 Å².